The highest BCUT2D eigenvalue weighted by Gasteiger charge is 2.40. The van der Waals surface area contributed by atoms with E-state index in [4.69, 9.17) is 0 Å². The normalized spacial score (nSPS) is 20.1. The molecule has 1 atom stereocenters. The number of hydrogen-bond donors (Lipinski definition) is 6. The summed E-state index contributed by atoms with van der Waals surface area (Å²) in [6.45, 7) is 1.38. The molecule has 7 rings (SSSR count). The molecule has 2 saturated carbocycles. The van der Waals surface area contributed by atoms with Gasteiger partial charge in [-0.05, 0) is 82.2 Å². The Hall–Kier alpha value is -5.50. The van der Waals surface area contributed by atoms with Crippen molar-refractivity contribution in [3.8, 4) is 11.3 Å². The van der Waals surface area contributed by atoms with E-state index in [-0.39, 0.29) is 74.0 Å². The molecule has 20 heteroatoms. The fourth-order valence-corrected chi connectivity index (χ4v) is 9.15. The van der Waals surface area contributed by atoms with Crippen LogP contribution >= 0.6 is 11.3 Å². The van der Waals surface area contributed by atoms with Crippen molar-refractivity contribution < 1.29 is 38.3 Å². The molecule has 1 saturated heterocycles. The van der Waals surface area contributed by atoms with Gasteiger partial charge in [-0.25, -0.2) is 19.2 Å². The number of aryl methyl sites for hydroxylation is 1. The van der Waals surface area contributed by atoms with E-state index in [0.717, 1.165) is 48.2 Å². The molecule has 6 N–H and O–H groups in total. The zero-order chi connectivity index (χ0) is 42.3. The average molecular weight is 850 g/mol. The predicted octanol–water partition coefficient (Wildman–Crippen LogP) is 2.69. The summed E-state index contributed by atoms with van der Waals surface area (Å²) in [4.78, 5) is 86.4. The highest BCUT2D eigenvalue weighted by atomic mass is 32.1. The molecule has 18 nitrogen and oxygen atoms in total. The van der Waals surface area contributed by atoms with Crippen LogP contribution in [-0.2, 0) is 45.7 Å². The smallest absolute Gasteiger partial charge is 0.408 e. The second-order valence-electron chi connectivity index (χ2n) is 16.0. The Balaban J connectivity index is 0.751. The summed E-state index contributed by atoms with van der Waals surface area (Å²) < 4.78 is 16.7. The maximum absolute atomic E-state index is 14.9. The molecule has 0 bridgehead atoms. The molecule has 0 spiro atoms. The van der Waals surface area contributed by atoms with Gasteiger partial charge in [0.25, 0.3) is 5.91 Å². The summed E-state index contributed by atoms with van der Waals surface area (Å²) >= 11 is 1.39. The van der Waals surface area contributed by atoms with Crippen LogP contribution in [0.5, 0.6) is 0 Å². The summed E-state index contributed by atoms with van der Waals surface area (Å²) in [6.07, 6.45) is 9.91. The number of carbonyl (C=O) groups is 6. The summed E-state index contributed by atoms with van der Waals surface area (Å²) in [5, 5.41) is 30.5. The molecule has 0 aromatic carbocycles. The lowest BCUT2D eigenvalue weighted by atomic mass is 9.90. The molecule has 2 aliphatic carbocycles. The number of piperidine rings is 1. The van der Waals surface area contributed by atoms with Crippen molar-refractivity contribution >= 4 is 52.9 Å². The van der Waals surface area contributed by atoms with E-state index in [2.05, 4.69) is 41.7 Å². The van der Waals surface area contributed by atoms with Crippen LogP contribution in [0.3, 0.4) is 0 Å². The first-order valence-electron chi connectivity index (χ1n) is 20.7. The molecule has 4 aliphatic rings. The lowest BCUT2D eigenvalue weighted by Crippen LogP contribution is -2.52. The standard InChI is InChI=1S/C40H52FN11O7S/c1-50-31(15-23-5-6-23)26(16-46-50)36-29(41)17-45-39(49-36)47-24-7-9-25(10-8-24)51(40(58)59)21-35(55)43-14-4-2-3-13-42-19-34(54)44-18-32-27-20-52(38(57)28(27)22-60-32)30-11-12-33(53)48-37(30)56/h16-17,22-25,30,42H,2-15,18-21H2,1H3,(H,43,55)(H,44,54)(H,58,59)(H,45,47,49)(H,48,53,56)/t24-,25-,30?. The van der Waals surface area contributed by atoms with Crippen LogP contribution < -0.4 is 26.6 Å². The first-order valence-corrected chi connectivity index (χ1v) is 21.6. The van der Waals surface area contributed by atoms with Crippen molar-refractivity contribution in [2.45, 2.75) is 108 Å². The Bertz CT molecular complexity index is 2100. The number of anilines is 1. The van der Waals surface area contributed by atoms with Gasteiger partial charge in [-0.1, -0.05) is 6.42 Å². The first-order chi connectivity index (χ1) is 28.9. The molecule has 2 aliphatic heterocycles. The van der Waals surface area contributed by atoms with Gasteiger partial charge in [-0.2, -0.15) is 5.10 Å². The third-order valence-corrected chi connectivity index (χ3v) is 12.8. The zero-order valence-corrected chi connectivity index (χ0v) is 34.5. The minimum atomic E-state index is -1.15. The van der Waals surface area contributed by atoms with E-state index in [1.54, 1.807) is 16.3 Å². The molecule has 3 aromatic heterocycles. The van der Waals surface area contributed by atoms with E-state index >= 15 is 0 Å². The van der Waals surface area contributed by atoms with Gasteiger partial charge in [0.1, 0.15) is 18.3 Å². The number of amides is 6. The number of unbranched alkanes of at least 4 members (excludes halogenated alkanes) is 2. The van der Waals surface area contributed by atoms with Crippen LogP contribution in [0.25, 0.3) is 11.3 Å². The summed E-state index contributed by atoms with van der Waals surface area (Å²) in [5.74, 6) is -1.21. The number of aromatic nitrogens is 4. The van der Waals surface area contributed by atoms with Gasteiger partial charge >= 0.3 is 6.09 Å². The third-order valence-electron chi connectivity index (χ3n) is 11.7. The van der Waals surface area contributed by atoms with Gasteiger partial charge < -0.3 is 31.3 Å². The highest BCUT2D eigenvalue weighted by Crippen LogP contribution is 2.36. The maximum Gasteiger partial charge on any atom is 0.408 e. The Morgan fingerprint density at radius 1 is 0.983 bits per heavy atom. The Morgan fingerprint density at radius 2 is 1.77 bits per heavy atom. The SMILES string of the molecule is Cn1ncc(-c2nc(N[C@H]3CC[C@H](N(CC(=O)NCCCCCNCC(=O)NCc4scc5c4CN(C4CCC(=O)NC4=O)C5=O)C(=O)O)CC3)ncc2F)c1CC1CC1. The van der Waals surface area contributed by atoms with Crippen molar-refractivity contribution in [2.24, 2.45) is 13.0 Å². The first kappa shape index (κ1) is 42.6. The monoisotopic (exact) mass is 849 g/mol. The number of halogens is 1. The van der Waals surface area contributed by atoms with Crippen LogP contribution in [0, 0.1) is 11.7 Å². The third kappa shape index (κ3) is 10.4. The second kappa shape index (κ2) is 19.3. The molecule has 322 valence electrons. The number of nitrogens with one attached hydrogen (secondary N) is 5. The van der Waals surface area contributed by atoms with Gasteiger partial charge in [0.15, 0.2) is 5.82 Å². The Kier molecular flexibility index (Phi) is 13.7. The molecule has 6 amide bonds. The van der Waals surface area contributed by atoms with Crippen molar-refractivity contribution in [1.29, 1.82) is 0 Å². The van der Waals surface area contributed by atoms with Crippen molar-refractivity contribution in [3.63, 3.8) is 0 Å². The number of carbonyl (C=O) groups excluding carboxylic acids is 5. The van der Waals surface area contributed by atoms with Crippen LogP contribution in [0.1, 0.15) is 97.1 Å². The topological polar surface area (TPSA) is 233 Å². The molecule has 60 heavy (non-hydrogen) atoms. The van der Waals surface area contributed by atoms with E-state index in [0.29, 0.717) is 74.6 Å². The number of fused-ring (bicyclic) bond motifs is 1. The highest BCUT2D eigenvalue weighted by molar-refractivity contribution is 7.10. The molecule has 5 heterocycles. The van der Waals surface area contributed by atoms with Crippen molar-refractivity contribution in [3.05, 3.63) is 45.3 Å². The van der Waals surface area contributed by atoms with E-state index < -0.39 is 23.9 Å². The maximum atomic E-state index is 14.9. The predicted molar refractivity (Wildman–Crippen MR) is 217 cm³/mol. The summed E-state index contributed by atoms with van der Waals surface area (Å²) in [6, 6.07) is -1.03. The van der Waals surface area contributed by atoms with E-state index in [1.165, 1.54) is 27.3 Å². The zero-order valence-electron chi connectivity index (χ0n) is 33.6. The van der Waals surface area contributed by atoms with Crippen molar-refractivity contribution in [1.82, 2.24) is 50.8 Å². The fraction of sp³-hybridized carbons (Fsp3) is 0.575. The average Bonchev–Trinajstić information content (AvgIpc) is 3.73. The minimum absolute atomic E-state index is 0.0329. The molecular formula is C40H52FN11O7S. The van der Waals surface area contributed by atoms with Gasteiger partial charge in [0, 0.05) is 60.2 Å². The van der Waals surface area contributed by atoms with E-state index in [9.17, 15) is 38.3 Å². The number of carboxylic acid groups (broad SMARTS) is 1. The molecular weight excluding hydrogens is 798 g/mol. The lowest BCUT2D eigenvalue weighted by Gasteiger charge is -2.35. The van der Waals surface area contributed by atoms with Crippen LogP contribution in [0.15, 0.2) is 17.8 Å². The number of hydrogen-bond acceptors (Lipinski definition) is 12. The van der Waals surface area contributed by atoms with Gasteiger partial charge in [0.2, 0.25) is 29.6 Å². The van der Waals surface area contributed by atoms with Crippen LogP contribution in [-0.4, -0.2) is 115 Å². The molecule has 0 radical (unpaired) electrons. The van der Waals surface area contributed by atoms with Crippen LogP contribution in [0.4, 0.5) is 15.1 Å². The molecule has 3 fully saturated rings. The second-order valence-corrected chi connectivity index (χ2v) is 17.0. The Morgan fingerprint density at radius 3 is 2.52 bits per heavy atom. The number of imide groups is 1. The molecule has 3 aromatic rings. The van der Waals surface area contributed by atoms with E-state index in [1.807, 2.05) is 7.05 Å². The number of nitrogens with zero attached hydrogens (tertiary/aromatic N) is 6. The summed E-state index contributed by atoms with van der Waals surface area (Å²) in [7, 11) is 1.85. The number of rotatable bonds is 19. The minimum Gasteiger partial charge on any atom is -0.465 e. The largest absolute Gasteiger partial charge is 0.465 e. The number of thiophene rings is 1. The molecule has 1 unspecified atom stereocenters. The fourth-order valence-electron chi connectivity index (χ4n) is 8.18. The van der Waals surface area contributed by atoms with Gasteiger partial charge in [0.05, 0.1) is 31.0 Å². The summed E-state index contributed by atoms with van der Waals surface area (Å²) in [5.41, 5.74) is 3.16. The van der Waals surface area contributed by atoms with Crippen molar-refractivity contribution in [2.75, 3.05) is 31.5 Å². The van der Waals surface area contributed by atoms with Gasteiger partial charge in [-0.3, -0.25) is 38.9 Å². The quantitative estimate of drug-likeness (QED) is 0.0756. The lowest BCUT2D eigenvalue weighted by molar-refractivity contribution is -0.137. The van der Waals surface area contributed by atoms with Crippen LogP contribution in [0.2, 0.25) is 0 Å². The Labute approximate surface area is 350 Å². The van der Waals surface area contributed by atoms with Gasteiger partial charge in [-0.15, -0.1) is 11.3 Å².